The van der Waals surface area contributed by atoms with Gasteiger partial charge in [0.25, 0.3) is 5.69 Å². The Labute approximate surface area is 132 Å². The maximum Gasteiger partial charge on any atom is 0.269 e. The highest BCUT2D eigenvalue weighted by atomic mass is 35.5. The number of nitro groups is 1. The standard InChI is InChI=1S/C15H15ClN2O2S/c16-15-4-3-14(18(19)20)7-12(15)9-17(13-1-2-13)8-11-5-6-21-10-11/h3-7,10,13H,1-2,8-9H2. The summed E-state index contributed by atoms with van der Waals surface area (Å²) in [4.78, 5) is 12.9. The predicted molar refractivity (Wildman–Crippen MR) is 84.7 cm³/mol. The van der Waals surface area contributed by atoms with E-state index in [1.54, 1.807) is 23.5 Å². The van der Waals surface area contributed by atoms with E-state index in [9.17, 15) is 10.1 Å². The molecule has 0 radical (unpaired) electrons. The second-order valence-corrected chi connectivity index (χ2v) is 6.49. The number of benzene rings is 1. The van der Waals surface area contributed by atoms with Crippen molar-refractivity contribution in [3.63, 3.8) is 0 Å². The smallest absolute Gasteiger partial charge is 0.269 e. The molecule has 3 rings (SSSR count). The topological polar surface area (TPSA) is 46.4 Å². The molecule has 1 aromatic carbocycles. The van der Waals surface area contributed by atoms with Gasteiger partial charge in [-0.1, -0.05) is 11.6 Å². The number of nitrogens with zero attached hydrogens (tertiary/aromatic N) is 2. The van der Waals surface area contributed by atoms with E-state index >= 15 is 0 Å². The average molecular weight is 323 g/mol. The Morgan fingerprint density at radius 3 is 2.76 bits per heavy atom. The first-order chi connectivity index (χ1) is 10.1. The largest absolute Gasteiger partial charge is 0.292 e. The maximum atomic E-state index is 10.9. The van der Waals surface area contributed by atoms with E-state index in [1.165, 1.54) is 24.5 Å². The maximum absolute atomic E-state index is 10.9. The fraction of sp³-hybridized carbons (Fsp3) is 0.333. The van der Waals surface area contributed by atoms with Crippen LogP contribution in [-0.2, 0) is 13.1 Å². The zero-order chi connectivity index (χ0) is 14.8. The third-order valence-corrected chi connectivity index (χ3v) is 4.74. The van der Waals surface area contributed by atoms with Gasteiger partial charge < -0.3 is 0 Å². The molecular formula is C15H15ClN2O2S. The first-order valence-corrected chi connectivity index (χ1v) is 8.13. The van der Waals surface area contributed by atoms with Crippen LogP contribution in [0.25, 0.3) is 0 Å². The minimum atomic E-state index is -0.375. The minimum absolute atomic E-state index is 0.0979. The van der Waals surface area contributed by atoms with Crippen molar-refractivity contribution in [3.8, 4) is 0 Å². The molecule has 0 N–H and O–H groups in total. The van der Waals surface area contributed by atoms with Crippen molar-refractivity contribution in [2.75, 3.05) is 0 Å². The quantitative estimate of drug-likeness (QED) is 0.582. The monoisotopic (exact) mass is 322 g/mol. The molecule has 0 bridgehead atoms. The van der Waals surface area contributed by atoms with Crippen LogP contribution in [0.15, 0.2) is 35.0 Å². The Bertz CT molecular complexity index is 641. The van der Waals surface area contributed by atoms with Crippen LogP contribution < -0.4 is 0 Å². The van der Waals surface area contributed by atoms with Crippen LogP contribution in [0.1, 0.15) is 24.0 Å². The first-order valence-electron chi connectivity index (χ1n) is 6.81. The zero-order valence-electron chi connectivity index (χ0n) is 11.4. The van der Waals surface area contributed by atoms with Crippen molar-refractivity contribution < 1.29 is 4.92 Å². The van der Waals surface area contributed by atoms with E-state index in [-0.39, 0.29) is 10.6 Å². The van der Waals surface area contributed by atoms with Crippen LogP contribution in [-0.4, -0.2) is 15.9 Å². The third kappa shape index (κ3) is 3.61. The summed E-state index contributed by atoms with van der Waals surface area (Å²) in [6.45, 7) is 1.52. The molecule has 1 aliphatic rings. The van der Waals surface area contributed by atoms with Gasteiger partial charge in [0.2, 0.25) is 0 Å². The molecule has 2 aromatic rings. The van der Waals surface area contributed by atoms with Crippen molar-refractivity contribution in [2.45, 2.75) is 32.0 Å². The van der Waals surface area contributed by atoms with E-state index in [1.807, 2.05) is 0 Å². The van der Waals surface area contributed by atoms with Gasteiger partial charge in [-0.15, -0.1) is 0 Å². The van der Waals surface area contributed by atoms with Gasteiger partial charge >= 0.3 is 0 Å². The molecule has 0 spiro atoms. The first kappa shape index (κ1) is 14.5. The van der Waals surface area contributed by atoms with Crippen LogP contribution in [0.5, 0.6) is 0 Å². The minimum Gasteiger partial charge on any atom is -0.292 e. The van der Waals surface area contributed by atoms with Gasteiger partial charge in [-0.3, -0.25) is 15.0 Å². The summed E-state index contributed by atoms with van der Waals surface area (Å²) in [5.41, 5.74) is 2.21. The lowest BCUT2D eigenvalue weighted by Crippen LogP contribution is -2.25. The highest BCUT2D eigenvalue weighted by Gasteiger charge is 2.29. The Morgan fingerprint density at radius 1 is 1.33 bits per heavy atom. The van der Waals surface area contributed by atoms with E-state index in [0.717, 1.165) is 12.1 Å². The second-order valence-electron chi connectivity index (χ2n) is 5.30. The molecule has 110 valence electrons. The molecule has 1 saturated carbocycles. The summed E-state index contributed by atoms with van der Waals surface area (Å²) in [5, 5.41) is 15.7. The Hall–Kier alpha value is -1.43. The van der Waals surface area contributed by atoms with E-state index in [0.29, 0.717) is 17.6 Å². The molecule has 0 amide bonds. The van der Waals surface area contributed by atoms with Crippen LogP contribution in [0.2, 0.25) is 5.02 Å². The van der Waals surface area contributed by atoms with Gasteiger partial charge in [-0.2, -0.15) is 11.3 Å². The van der Waals surface area contributed by atoms with Gasteiger partial charge in [0.1, 0.15) is 0 Å². The number of non-ortho nitro benzene ring substituents is 1. The Kier molecular flexibility index (Phi) is 4.24. The van der Waals surface area contributed by atoms with E-state index in [2.05, 4.69) is 21.7 Å². The average Bonchev–Trinajstić information content (AvgIpc) is 3.18. The molecule has 0 aliphatic heterocycles. The summed E-state index contributed by atoms with van der Waals surface area (Å²) >= 11 is 7.89. The molecule has 1 heterocycles. The SMILES string of the molecule is O=[N+]([O-])c1ccc(Cl)c(CN(Cc2ccsc2)C2CC2)c1. The van der Waals surface area contributed by atoms with Crippen molar-refractivity contribution in [2.24, 2.45) is 0 Å². The highest BCUT2D eigenvalue weighted by Crippen LogP contribution is 2.32. The molecule has 1 aromatic heterocycles. The van der Waals surface area contributed by atoms with Crippen LogP contribution >= 0.6 is 22.9 Å². The number of hydrogen-bond acceptors (Lipinski definition) is 4. The Balaban J connectivity index is 1.79. The summed E-state index contributed by atoms with van der Waals surface area (Å²) in [7, 11) is 0. The molecule has 0 atom stereocenters. The number of nitro benzene ring substituents is 1. The van der Waals surface area contributed by atoms with Crippen molar-refractivity contribution in [3.05, 3.63) is 61.3 Å². The van der Waals surface area contributed by atoms with E-state index < -0.39 is 0 Å². The van der Waals surface area contributed by atoms with Crippen molar-refractivity contribution >= 4 is 28.6 Å². The molecule has 1 aliphatic carbocycles. The fourth-order valence-electron chi connectivity index (χ4n) is 2.39. The van der Waals surface area contributed by atoms with Gasteiger partial charge in [-0.25, -0.2) is 0 Å². The van der Waals surface area contributed by atoms with E-state index in [4.69, 9.17) is 11.6 Å². The van der Waals surface area contributed by atoms with Gasteiger partial charge in [-0.05, 0) is 46.9 Å². The number of rotatable bonds is 6. The summed E-state index contributed by atoms with van der Waals surface area (Å²) in [6.07, 6.45) is 2.38. The van der Waals surface area contributed by atoms with Crippen LogP contribution in [0, 0.1) is 10.1 Å². The third-order valence-electron chi connectivity index (χ3n) is 3.64. The normalized spacial score (nSPS) is 14.6. The molecule has 6 heteroatoms. The van der Waals surface area contributed by atoms with Crippen molar-refractivity contribution in [1.82, 2.24) is 4.90 Å². The molecule has 4 nitrogen and oxygen atoms in total. The fourth-order valence-corrected chi connectivity index (χ4v) is 3.22. The van der Waals surface area contributed by atoms with Crippen LogP contribution in [0.4, 0.5) is 5.69 Å². The number of halogens is 1. The lowest BCUT2D eigenvalue weighted by Gasteiger charge is -2.22. The molecule has 0 unspecified atom stereocenters. The van der Waals surface area contributed by atoms with Gasteiger partial charge in [0.05, 0.1) is 4.92 Å². The zero-order valence-corrected chi connectivity index (χ0v) is 12.9. The predicted octanol–water partition coefficient (Wildman–Crippen LogP) is 4.47. The second kappa shape index (κ2) is 6.13. The number of thiophene rings is 1. The van der Waals surface area contributed by atoms with Gasteiger partial charge in [0.15, 0.2) is 0 Å². The number of hydrogen-bond donors (Lipinski definition) is 0. The Morgan fingerprint density at radius 2 is 2.14 bits per heavy atom. The molecule has 1 fully saturated rings. The summed E-state index contributed by atoms with van der Waals surface area (Å²) in [6, 6.07) is 7.34. The van der Waals surface area contributed by atoms with Crippen molar-refractivity contribution in [1.29, 1.82) is 0 Å². The lowest BCUT2D eigenvalue weighted by atomic mass is 10.1. The molecule has 21 heavy (non-hydrogen) atoms. The summed E-state index contributed by atoms with van der Waals surface area (Å²) in [5.74, 6) is 0. The molecule has 0 saturated heterocycles. The summed E-state index contributed by atoms with van der Waals surface area (Å²) < 4.78 is 0. The van der Waals surface area contributed by atoms with Gasteiger partial charge in [0, 0.05) is 36.3 Å². The van der Waals surface area contributed by atoms with Crippen LogP contribution in [0.3, 0.4) is 0 Å². The molecular weight excluding hydrogens is 308 g/mol. The highest BCUT2D eigenvalue weighted by molar-refractivity contribution is 7.07. The lowest BCUT2D eigenvalue weighted by molar-refractivity contribution is -0.384.